The van der Waals surface area contributed by atoms with E-state index in [4.69, 9.17) is 14.2 Å². The molecule has 1 aromatic carbocycles. The van der Waals surface area contributed by atoms with Gasteiger partial charge in [-0.1, -0.05) is 0 Å². The lowest BCUT2D eigenvalue weighted by Gasteiger charge is -2.03. The maximum atomic E-state index is 10.9. The van der Waals surface area contributed by atoms with Gasteiger partial charge in [-0.25, -0.2) is 4.79 Å². The Morgan fingerprint density at radius 3 is 3.00 bits per heavy atom. The van der Waals surface area contributed by atoms with Gasteiger partial charge < -0.3 is 19.5 Å². The Kier molecular flexibility index (Phi) is 2.14. The fraction of sp³-hybridized carbons (Fsp3) is 0.222. The van der Waals surface area contributed by atoms with Gasteiger partial charge in [0.05, 0.1) is 0 Å². The van der Waals surface area contributed by atoms with Gasteiger partial charge in [0.1, 0.15) is 5.75 Å². The predicted molar refractivity (Wildman–Crippen MR) is 47.6 cm³/mol. The van der Waals surface area contributed by atoms with E-state index in [0.29, 0.717) is 17.2 Å². The number of carbonyl (C=O) groups excluding carboxylic acids is 1. The molecule has 14 heavy (non-hydrogen) atoms. The van der Waals surface area contributed by atoms with E-state index in [1.165, 1.54) is 7.05 Å². The van der Waals surface area contributed by atoms with Gasteiger partial charge in [0, 0.05) is 13.1 Å². The van der Waals surface area contributed by atoms with E-state index < -0.39 is 6.09 Å². The zero-order valence-corrected chi connectivity index (χ0v) is 7.57. The van der Waals surface area contributed by atoms with Crippen molar-refractivity contribution in [3.63, 3.8) is 0 Å². The van der Waals surface area contributed by atoms with Crippen LogP contribution in [0.25, 0.3) is 0 Å². The number of carbonyl (C=O) groups is 1. The number of nitrogens with one attached hydrogen (secondary N) is 1. The summed E-state index contributed by atoms with van der Waals surface area (Å²) in [6, 6.07) is 4.95. The highest BCUT2D eigenvalue weighted by molar-refractivity contribution is 5.70. The maximum absolute atomic E-state index is 10.9. The summed E-state index contributed by atoms with van der Waals surface area (Å²) in [5, 5.41) is 2.35. The minimum Gasteiger partial charge on any atom is -0.454 e. The third kappa shape index (κ3) is 1.56. The highest BCUT2D eigenvalue weighted by Gasteiger charge is 2.14. The minimum atomic E-state index is -0.510. The summed E-state index contributed by atoms with van der Waals surface area (Å²) in [7, 11) is 1.50. The summed E-state index contributed by atoms with van der Waals surface area (Å²) in [6.45, 7) is 0.207. The number of hydrogen-bond acceptors (Lipinski definition) is 4. The molecule has 1 aliphatic rings. The Labute approximate surface area is 80.6 Å². The largest absolute Gasteiger partial charge is 0.454 e. The van der Waals surface area contributed by atoms with Crippen LogP contribution in [-0.2, 0) is 0 Å². The van der Waals surface area contributed by atoms with Gasteiger partial charge in [-0.2, -0.15) is 0 Å². The smallest absolute Gasteiger partial charge is 0.412 e. The summed E-state index contributed by atoms with van der Waals surface area (Å²) in [5.74, 6) is 1.68. The standard InChI is InChI=1S/C9H9NO4/c1-10-9(11)14-6-2-3-7-8(4-6)13-5-12-7/h2-4H,5H2,1H3,(H,10,11). The zero-order valence-electron chi connectivity index (χ0n) is 7.57. The third-order valence-electron chi connectivity index (χ3n) is 1.76. The molecule has 0 bridgehead atoms. The number of benzene rings is 1. The van der Waals surface area contributed by atoms with Crippen molar-refractivity contribution >= 4 is 6.09 Å². The van der Waals surface area contributed by atoms with Gasteiger partial charge in [0.25, 0.3) is 0 Å². The van der Waals surface area contributed by atoms with Crippen LogP contribution in [0.15, 0.2) is 18.2 Å². The Hall–Kier alpha value is -1.91. The SMILES string of the molecule is CNC(=O)Oc1ccc2c(c1)OCO2. The first-order chi connectivity index (χ1) is 6.79. The molecule has 0 aliphatic carbocycles. The van der Waals surface area contributed by atoms with E-state index in [2.05, 4.69) is 5.32 Å². The maximum Gasteiger partial charge on any atom is 0.412 e. The van der Waals surface area contributed by atoms with Gasteiger partial charge >= 0.3 is 6.09 Å². The first-order valence-corrected chi connectivity index (χ1v) is 4.09. The molecule has 5 nitrogen and oxygen atoms in total. The van der Waals surface area contributed by atoms with Crippen LogP contribution in [-0.4, -0.2) is 19.9 Å². The number of amides is 1. The first kappa shape index (κ1) is 8.68. The number of hydrogen-bond donors (Lipinski definition) is 1. The minimum absolute atomic E-state index is 0.207. The van der Waals surface area contributed by atoms with E-state index in [1.54, 1.807) is 18.2 Å². The molecule has 1 aliphatic heterocycles. The van der Waals surface area contributed by atoms with Crippen molar-refractivity contribution in [1.29, 1.82) is 0 Å². The van der Waals surface area contributed by atoms with Crippen LogP contribution in [0.1, 0.15) is 0 Å². The average molecular weight is 195 g/mol. The fourth-order valence-corrected chi connectivity index (χ4v) is 1.10. The molecule has 74 valence electrons. The van der Waals surface area contributed by atoms with Gasteiger partial charge in [-0.05, 0) is 12.1 Å². The molecule has 0 unspecified atom stereocenters. The highest BCUT2D eigenvalue weighted by atomic mass is 16.7. The van der Waals surface area contributed by atoms with Crippen molar-refractivity contribution in [1.82, 2.24) is 5.32 Å². The molecule has 0 spiro atoms. The van der Waals surface area contributed by atoms with Crippen LogP contribution in [0.2, 0.25) is 0 Å². The molecule has 0 saturated heterocycles. The summed E-state index contributed by atoms with van der Waals surface area (Å²) in [5.41, 5.74) is 0. The first-order valence-electron chi connectivity index (χ1n) is 4.09. The normalized spacial score (nSPS) is 12.4. The molecule has 0 saturated carbocycles. The van der Waals surface area contributed by atoms with Crippen molar-refractivity contribution in [2.24, 2.45) is 0 Å². The molecule has 5 heteroatoms. The second kappa shape index (κ2) is 3.45. The molecular weight excluding hydrogens is 186 g/mol. The van der Waals surface area contributed by atoms with Gasteiger partial charge in [0.2, 0.25) is 6.79 Å². The molecule has 0 aromatic heterocycles. The lowest BCUT2D eigenvalue weighted by molar-refractivity contribution is 0.174. The van der Waals surface area contributed by atoms with Crippen LogP contribution >= 0.6 is 0 Å². The lowest BCUT2D eigenvalue weighted by Crippen LogP contribution is -2.21. The Morgan fingerprint density at radius 2 is 2.21 bits per heavy atom. The summed E-state index contributed by atoms with van der Waals surface area (Å²) in [6.07, 6.45) is -0.510. The summed E-state index contributed by atoms with van der Waals surface area (Å²) >= 11 is 0. The van der Waals surface area contributed by atoms with Crippen molar-refractivity contribution in [2.75, 3.05) is 13.8 Å². The number of ether oxygens (including phenoxy) is 3. The Morgan fingerprint density at radius 1 is 1.43 bits per heavy atom. The van der Waals surface area contributed by atoms with Crippen LogP contribution in [0.3, 0.4) is 0 Å². The summed E-state index contributed by atoms with van der Waals surface area (Å²) in [4.78, 5) is 10.9. The van der Waals surface area contributed by atoms with Gasteiger partial charge in [-0.15, -0.1) is 0 Å². The molecule has 0 atom stereocenters. The summed E-state index contributed by atoms with van der Waals surface area (Å²) < 4.78 is 15.1. The topological polar surface area (TPSA) is 56.8 Å². The van der Waals surface area contributed by atoms with Crippen molar-refractivity contribution in [2.45, 2.75) is 0 Å². The van der Waals surface area contributed by atoms with Crippen molar-refractivity contribution in [3.8, 4) is 17.2 Å². The Bertz CT molecular complexity index is 364. The predicted octanol–water partition coefficient (Wildman–Crippen LogP) is 1.13. The third-order valence-corrected chi connectivity index (χ3v) is 1.76. The molecule has 1 heterocycles. The molecule has 0 fully saturated rings. The molecule has 1 N–H and O–H groups in total. The molecule has 2 rings (SSSR count). The van der Waals surface area contributed by atoms with Crippen LogP contribution in [0.4, 0.5) is 4.79 Å². The van der Waals surface area contributed by atoms with E-state index in [9.17, 15) is 4.79 Å². The fourth-order valence-electron chi connectivity index (χ4n) is 1.10. The van der Waals surface area contributed by atoms with Crippen molar-refractivity contribution < 1.29 is 19.0 Å². The van der Waals surface area contributed by atoms with E-state index in [1.807, 2.05) is 0 Å². The number of fused-ring (bicyclic) bond motifs is 1. The number of rotatable bonds is 1. The Balaban J connectivity index is 2.16. The highest BCUT2D eigenvalue weighted by Crippen LogP contribution is 2.34. The molecular formula is C9H9NO4. The van der Waals surface area contributed by atoms with Gasteiger partial charge in [0.15, 0.2) is 11.5 Å². The quantitative estimate of drug-likeness (QED) is 0.729. The van der Waals surface area contributed by atoms with Crippen LogP contribution < -0.4 is 19.5 Å². The van der Waals surface area contributed by atoms with Crippen molar-refractivity contribution in [3.05, 3.63) is 18.2 Å². The van der Waals surface area contributed by atoms with E-state index in [-0.39, 0.29) is 6.79 Å². The second-order valence-electron chi connectivity index (χ2n) is 2.65. The average Bonchev–Trinajstić information content (AvgIpc) is 2.64. The molecule has 1 amide bonds. The monoisotopic (exact) mass is 195 g/mol. The van der Waals surface area contributed by atoms with Crippen LogP contribution in [0, 0.1) is 0 Å². The zero-order chi connectivity index (χ0) is 9.97. The second-order valence-corrected chi connectivity index (χ2v) is 2.65. The van der Waals surface area contributed by atoms with Gasteiger partial charge in [-0.3, -0.25) is 0 Å². The van der Waals surface area contributed by atoms with E-state index >= 15 is 0 Å². The molecule has 0 radical (unpaired) electrons. The van der Waals surface area contributed by atoms with E-state index in [0.717, 1.165) is 0 Å². The lowest BCUT2D eigenvalue weighted by atomic mass is 10.3. The molecule has 1 aromatic rings. The van der Waals surface area contributed by atoms with Crippen LogP contribution in [0.5, 0.6) is 17.2 Å².